The van der Waals surface area contributed by atoms with E-state index in [1.54, 1.807) is 0 Å². The fraction of sp³-hybridized carbons (Fsp3) is 0. The van der Waals surface area contributed by atoms with E-state index in [0.29, 0.717) is 0 Å². The number of hydrogen-bond acceptors (Lipinski definition) is 8. The first-order chi connectivity index (χ1) is 49.6. The molecule has 466 valence electrons. The summed E-state index contributed by atoms with van der Waals surface area (Å²) in [5, 5.41) is 4.91. The van der Waals surface area contributed by atoms with Crippen LogP contribution in [0.3, 0.4) is 0 Å². The first-order valence-electron chi connectivity index (χ1n) is 34.2. The molecule has 0 fully saturated rings. The van der Waals surface area contributed by atoms with Gasteiger partial charge in [0.05, 0.1) is 28.4 Å². The predicted molar refractivity (Wildman–Crippen MR) is 427 cm³/mol. The summed E-state index contributed by atoms with van der Waals surface area (Å²) in [7, 11) is 0. The van der Waals surface area contributed by atoms with Gasteiger partial charge in [0.25, 0.3) is 13.4 Å². The van der Waals surface area contributed by atoms with Crippen molar-refractivity contribution in [1.82, 2.24) is 0 Å². The van der Waals surface area contributed by atoms with E-state index in [0.717, 1.165) is 119 Å². The molecule has 6 heterocycles. The molecule has 0 unspecified atom stereocenters. The maximum Gasteiger partial charge on any atom is 0.256 e. The van der Waals surface area contributed by atoms with E-state index in [9.17, 15) is 0 Å². The summed E-state index contributed by atoms with van der Waals surface area (Å²) < 4.78 is 12.5. The van der Waals surface area contributed by atoms with Gasteiger partial charge in [-0.3, -0.25) is 0 Å². The highest BCUT2D eigenvalue weighted by Crippen LogP contribution is 2.55. The summed E-state index contributed by atoms with van der Waals surface area (Å²) in [5.74, 6) is 1.67. The van der Waals surface area contributed by atoms with Crippen LogP contribution in [0.15, 0.2) is 346 Å². The highest BCUT2D eigenvalue weighted by atomic mass is 32.1. The number of hydrogen-bond donors (Lipinski definition) is 0. The van der Waals surface area contributed by atoms with E-state index in [2.05, 4.69) is 370 Å². The number of benzene rings is 15. The molecule has 0 saturated heterocycles. The number of thiophene rings is 2. The lowest BCUT2D eigenvalue weighted by atomic mass is 9.30. The third-order valence-corrected chi connectivity index (χ3v) is 23.1. The van der Waals surface area contributed by atoms with Gasteiger partial charge in [-0.05, 0) is 166 Å². The van der Waals surface area contributed by atoms with Gasteiger partial charge in [-0.2, -0.15) is 0 Å². The Labute approximate surface area is 588 Å². The smallest absolute Gasteiger partial charge is 0.256 e. The second kappa shape index (κ2) is 22.6. The number of ether oxygens (including phenoxy) is 1. The molecule has 4 aliphatic rings. The lowest BCUT2D eigenvalue weighted by Crippen LogP contribution is -2.64. The Bertz CT molecular complexity index is 6110. The number of anilines is 15. The highest BCUT2D eigenvalue weighted by molar-refractivity contribution is 7.26. The molecule has 10 heteroatoms. The van der Waals surface area contributed by atoms with Crippen molar-refractivity contribution in [3.05, 3.63) is 346 Å². The van der Waals surface area contributed by atoms with Crippen molar-refractivity contribution < 1.29 is 4.74 Å². The Morgan fingerprint density at radius 2 is 0.740 bits per heavy atom. The molecule has 0 N–H and O–H groups in total. The van der Waals surface area contributed by atoms with Crippen molar-refractivity contribution in [2.45, 2.75) is 0 Å². The Balaban J connectivity index is 0.909. The number of para-hydroxylation sites is 7. The van der Waals surface area contributed by atoms with Crippen molar-refractivity contribution in [3.8, 4) is 22.6 Å². The largest absolute Gasteiger partial charge is 0.458 e. The molecule has 15 aromatic carbocycles. The number of fused-ring (bicyclic) bond motifs is 14. The van der Waals surface area contributed by atoms with Crippen LogP contribution in [0, 0.1) is 0 Å². The third-order valence-electron chi connectivity index (χ3n) is 20.8. The van der Waals surface area contributed by atoms with Gasteiger partial charge in [0, 0.05) is 109 Å². The lowest BCUT2D eigenvalue weighted by Gasteiger charge is -2.47. The van der Waals surface area contributed by atoms with Crippen LogP contribution in [0.1, 0.15) is 0 Å². The second-order valence-electron chi connectivity index (χ2n) is 26.2. The van der Waals surface area contributed by atoms with E-state index < -0.39 is 0 Å². The molecule has 100 heavy (non-hydrogen) atoms. The summed E-state index contributed by atoms with van der Waals surface area (Å²) in [6.45, 7) is -0.462. The van der Waals surface area contributed by atoms with Gasteiger partial charge in [-0.25, -0.2) is 0 Å². The molecular formula is C90H57B2N5OS2. The summed E-state index contributed by atoms with van der Waals surface area (Å²) >= 11 is 3.71. The SMILES string of the molecule is c1ccc(-c2ccccc2N2c3cc4c(cc3B3c5ccccc5Oc5cc(N(c6ccccc6)c6cccc7sc8ccccc8c67)cc2c53)B2c3ccccc3N(c3ccccc3)c3cc(N(c5ccccc5)c5ccccc5)cc(c32)N4c2cccc3sc4ccccc4c23)cc1. The topological polar surface area (TPSA) is 25.4 Å². The fourth-order valence-electron chi connectivity index (χ4n) is 16.8. The molecule has 0 atom stereocenters. The summed E-state index contributed by atoms with van der Waals surface area (Å²) in [6.07, 6.45) is 0. The molecule has 0 saturated carbocycles. The average Bonchev–Trinajstić information content (AvgIpc) is 0.741. The van der Waals surface area contributed by atoms with Crippen molar-refractivity contribution in [2.24, 2.45) is 0 Å². The Morgan fingerprint density at radius 1 is 0.270 bits per heavy atom. The van der Waals surface area contributed by atoms with Gasteiger partial charge in [-0.1, -0.05) is 212 Å². The minimum atomic E-state index is -0.246. The first-order valence-corrected chi connectivity index (χ1v) is 35.8. The molecule has 0 amide bonds. The van der Waals surface area contributed by atoms with Crippen molar-refractivity contribution in [1.29, 1.82) is 0 Å². The van der Waals surface area contributed by atoms with Crippen molar-refractivity contribution in [2.75, 3.05) is 24.5 Å². The van der Waals surface area contributed by atoms with Crippen molar-refractivity contribution >= 4 is 195 Å². The molecule has 0 bridgehead atoms. The summed E-state index contributed by atoms with van der Waals surface area (Å²) in [6, 6.07) is 128. The quantitative estimate of drug-likeness (QED) is 0.127. The second-order valence-corrected chi connectivity index (χ2v) is 28.4. The van der Waals surface area contributed by atoms with Crippen LogP contribution in [0.5, 0.6) is 11.5 Å². The van der Waals surface area contributed by atoms with Crippen LogP contribution in [0.2, 0.25) is 0 Å². The molecular weight excluding hydrogens is 1250 g/mol. The summed E-state index contributed by atoms with van der Waals surface area (Å²) in [4.78, 5) is 12.7. The van der Waals surface area contributed by atoms with Gasteiger partial charge in [0.2, 0.25) is 0 Å². The molecule has 0 radical (unpaired) electrons. The van der Waals surface area contributed by atoms with Crippen LogP contribution in [0.25, 0.3) is 51.5 Å². The van der Waals surface area contributed by atoms with Gasteiger partial charge in [-0.15, -0.1) is 22.7 Å². The molecule has 0 aliphatic carbocycles. The Kier molecular flexibility index (Phi) is 12.9. The van der Waals surface area contributed by atoms with E-state index in [1.807, 2.05) is 22.7 Å². The molecule has 4 aliphatic heterocycles. The van der Waals surface area contributed by atoms with Gasteiger partial charge in [0.1, 0.15) is 11.5 Å². The zero-order valence-electron chi connectivity index (χ0n) is 54.0. The zero-order valence-corrected chi connectivity index (χ0v) is 55.7. The van der Waals surface area contributed by atoms with E-state index >= 15 is 0 Å². The van der Waals surface area contributed by atoms with Crippen LogP contribution >= 0.6 is 22.7 Å². The zero-order chi connectivity index (χ0) is 65.5. The van der Waals surface area contributed by atoms with E-state index in [-0.39, 0.29) is 13.4 Å². The van der Waals surface area contributed by atoms with Crippen LogP contribution in [0.4, 0.5) is 85.3 Å². The monoisotopic (exact) mass is 1310 g/mol. The lowest BCUT2D eigenvalue weighted by molar-refractivity contribution is 0.487. The molecule has 6 nitrogen and oxygen atoms in total. The third kappa shape index (κ3) is 8.64. The normalized spacial score (nSPS) is 13.0. The van der Waals surface area contributed by atoms with Crippen LogP contribution in [-0.4, -0.2) is 13.4 Å². The summed E-state index contributed by atoms with van der Waals surface area (Å²) in [5.41, 5.74) is 25.6. The maximum atomic E-state index is 7.54. The van der Waals surface area contributed by atoms with Crippen LogP contribution in [-0.2, 0) is 0 Å². The first kappa shape index (κ1) is 56.8. The van der Waals surface area contributed by atoms with Crippen molar-refractivity contribution in [3.63, 3.8) is 0 Å². The Hall–Kier alpha value is -12.3. The van der Waals surface area contributed by atoms with Gasteiger partial charge in [0.15, 0.2) is 0 Å². The highest BCUT2D eigenvalue weighted by Gasteiger charge is 2.49. The average molecular weight is 1310 g/mol. The number of nitrogens with zero attached hydrogens (tertiary/aromatic N) is 5. The molecule has 17 aromatic rings. The predicted octanol–water partition coefficient (Wildman–Crippen LogP) is 21.5. The molecule has 2 aromatic heterocycles. The minimum absolute atomic E-state index is 0.217. The van der Waals surface area contributed by atoms with Gasteiger partial charge >= 0.3 is 0 Å². The Morgan fingerprint density at radius 3 is 1.42 bits per heavy atom. The fourth-order valence-corrected chi connectivity index (χ4v) is 19.0. The van der Waals surface area contributed by atoms with E-state index in [4.69, 9.17) is 4.74 Å². The standard InChI is InChI=1S/C90H57B2N5OS2/c1-6-28-58(29-7-1)65-38-16-21-43-72(65)96-76-57-77-70(56-71(76)92-69-42-20-23-47-81(69)98-82-55-64(54-80(96)90(82)92)94(61-34-12-4-13-35-61)74-45-26-50-85-87(74)66-39-17-24-48-83(66)99-85)91-68-41-19-22-44-73(68)95(62-36-14-5-15-37-62)78-52-63(93(59-30-8-2-9-31-59)60-32-10-3-11-33-60)53-79(89(78)91)97(77)75-46-27-51-86-88(75)67-40-18-25-49-84(67)100-86/h1-57H. The minimum Gasteiger partial charge on any atom is -0.458 e. The van der Waals surface area contributed by atoms with Crippen LogP contribution < -0.4 is 62.0 Å². The van der Waals surface area contributed by atoms with E-state index in [1.165, 1.54) is 62.2 Å². The molecule has 0 spiro atoms. The van der Waals surface area contributed by atoms with Gasteiger partial charge < -0.3 is 29.2 Å². The maximum absolute atomic E-state index is 7.54. The number of rotatable bonds is 10. The molecule has 21 rings (SSSR count).